The Morgan fingerprint density at radius 3 is 2.34 bits per heavy atom. The molecule has 2 heterocycles. The second-order valence-corrected chi connectivity index (χ2v) is 9.01. The molecule has 4 rings (SSSR count). The van der Waals surface area contributed by atoms with Crippen LogP contribution in [-0.4, -0.2) is 38.5 Å². The van der Waals surface area contributed by atoms with Crippen LogP contribution in [-0.2, 0) is 16.1 Å². The number of likely N-dealkylation sites (N-methyl/N-ethyl adjacent to an activating group) is 1. The van der Waals surface area contributed by atoms with E-state index in [9.17, 15) is 9.59 Å². The van der Waals surface area contributed by atoms with Crippen molar-refractivity contribution < 1.29 is 9.59 Å². The fourth-order valence-electron chi connectivity index (χ4n) is 3.78. The van der Waals surface area contributed by atoms with E-state index in [4.69, 9.17) is 0 Å². The van der Waals surface area contributed by atoms with Gasteiger partial charge in [0.2, 0.25) is 11.8 Å². The zero-order valence-electron chi connectivity index (χ0n) is 20.2. The SMILES string of the molecule is CC(=O)N(c1ccccc1)c1nc(/C=C/C(=O)N(C)Cc2c(C)nn(-c3ccccc3)c2C)cs1. The zero-order chi connectivity index (χ0) is 24.9. The number of rotatable bonds is 7. The third-order valence-electron chi connectivity index (χ3n) is 5.64. The molecule has 4 aromatic rings. The minimum atomic E-state index is -0.141. The van der Waals surface area contributed by atoms with E-state index >= 15 is 0 Å². The summed E-state index contributed by atoms with van der Waals surface area (Å²) in [6.07, 6.45) is 3.18. The lowest BCUT2D eigenvalue weighted by molar-refractivity contribution is -0.125. The highest BCUT2D eigenvalue weighted by atomic mass is 32.1. The number of amides is 2. The van der Waals surface area contributed by atoms with Crippen LogP contribution < -0.4 is 4.90 Å². The number of hydrogen-bond acceptors (Lipinski definition) is 5. The Kier molecular flexibility index (Phi) is 7.22. The number of anilines is 2. The maximum atomic E-state index is 12.8. The van der Waals surface area contributed by atoms with Crippen molar-refractivity contribution in [1.82, 2.24) is 19.7 Å². The van der Waals surface area contributed by atoms with Crippen molar-refractivity contribution in [2.75, 3.05) is 11.9 Å². The molecule has 0 fully saturated rings. The molecule has 7 nitrogen and oxygen atoms in total. The standard InChI is InChI=1S/C27H27N5O2S/c1-19-25(20(2)32(29-19)24-13-9-6-10-14-24)17-30(4)26(34)16-15-22-18-35-27(28-22)31(21(3)33)23-11-7-5-8-12-23/h5-16,18H,17H2,1-4H3/b16-15+. The van der Waals surface area contributed by atoms with Crippen LogP contribution in [0.5, 0.6) is 0 Å². The van der Waals surface area contributed by atoms with Crippen LogP contribution in [0.1, 0.15) is 29.6 Å². The first-order valence-corrected chi connectivity index (χ1v) is 12.1. The zero-order valence-corrected chi connectivity index (χ0v) is 21.0. The van der Waals surface area contributed by atoms with Crippen molar-refractivity contribution in [2.45, 2.75) is 27.3 Å². The third kappa shape index (κ3) is 5.38. The Balaban J connectivity index is 1.46. The smallest absolute Gasteiger partial charge is 0.246 e. The van der Waals surface area contributed by atoms with Gasteiger partial charge in [-0.2, -0.15) is 5.10 Å². The van der Waals surface area contributed by atoms with E-state index in [2.05, 4.69) is 10.1 Å². The molecule has 0 aliphatic rings. The van der Waals surface area contributed by atoms with Crippen molar-refractivity contribution in [2.24, 2.45) is 0 Å². The van der Waals surface area contributed by atoms with E-state index in [0.29, 0.717) is 17.4 Å². The second kappa shape index (κ2) is 10.5. The molecule has 0 saturated carbocycles. The molecule has 178 valence electrons. The Labute approximate surface area is 209 Å². The maximum Gasteiger partial charge on any atom is 0.246 e. The molecule has 0 unspecified atom stereocenters. The normalized spacial score (nSPS) is 11.1. The molecular weight excluding hydrogens is 458 g/mol. The first-order chi connectivity index (χ1) is 16.8. The van der Waals surface area contributed by atoms with Gasteiger partial charge in [0.1, 0.15) is 0 Å². The topological polar surface area (TPSA) is 71.3 Å². The lowest BCUT2D eigenvalue weighted by Gasteiger charge is -2.17. The van der Waals surface area contributed by atoms with Gasteiger partial charge in [0.05, 0.1) is 22.8 Å². The highest BCUT2D eigenvalue weighted by Crippen LogP contribution is 2.29. The minimum Gasteiger partial charge on any atom is -0.338 e. The number of hydrogen-bond donors (Lipinski definition) is 0. The highest BCUT2D eigenvalue weighted by Gasteiger charge is 2.18. The fraction of sp³-hybridized carbons (Fsp3) is 0.185. The van der Waals surface area contributed by atoms with Crippen molar-refractivity contribution in [3.63, 3.8) is 0 Å². The molecule has 0 aliphatic heterocycles. The number of aromatic nitrogens is 3. The van der Waals surface area contributed by atoms with Gasteiger partial charge in [-0.05, 0) is 44.2 Å². The average Bonchev–Trinajstić information content (AvgIpc) is 3.43. The van der Waals surface area contributed by atoms with Gasteiger partial charge >= 0.3 is 0 Å². The molecule has 35 heavy (non-hydrogen) atoms. The van der Waals surface area contributed by atoms with E-state index in [1.807, 2.05) is 84.6 Å². The van der Waals surface area contributed by atoms with Crippen LogP contribution in [0, 0.1) is 13.8 Å². The summed E-state index contributed by atoms with van der Waals surface area (Å²) in [5, 5.41) is 7.05. The highest BCUT2D eigenvalue weighted by molar-refractivity contribution is 7.14. The monoisotopic (exact) mass is 485 g/mol. The van der Waals surface area contributed by atoms with Gasteiger partial charge in [0.25, 0.3) is 0 Å². The lowest BCUT2D eigenvalue weighted by atomic mass is 10.2. The number of aryl methyl sites for hydroxylation is 1. The summed E-state index contributed by atoms with van der Waals surface area (Å²) >= 11 is 1.35. The van der Waals surface area contributed by atoms with Crippen LogP contribution in [0.3, 0.4) is 0 Å². The van der Waals surface area contributed by atoms with E-state index < -0.39 is 0 Å². The van der Waals surface area contributed by atoms with Crippen molar-refractivity contribution in [3.05, 3.63) is 94.8 Å². The molecule has 0 atom stereocenters. The van der Waals surface area contributed by atoms with Gasteiger partial charge in [0, 0.05) is 43.2 Å². The molecule has 0 spiro atoms. The molecule has 0 saturated heterocycles. The summed E-state index contributed by atoms with van der Waals surface area (Å²) in [6.45, 7) is 5.93. The number of nitrogens with zero attached hydrogens (tertiary/aromatic N) is 5. The molecule has 0 N–H and O–H groups in total. The molecule has 0 aliphatic carbocycles. The summed E-state index contributed by atoms with van der Waals surface area (Å²) < 4.78 is 1.91. The molecule has 0 bridgehead atoms. The predicted octanol–water partition coefficient (Wildman–Crippen LogP) is 5.30. The Bertz CT molecular complexity index is 1360. The molecule has 8 heteroatoms. The Morgan fingerprint density at radius 2 is 1.69 bits per heavy atom. The minimum absolute atomic E-state index is 0.126. The first-order valence-electron chi connectivity index (χ1n) is 11.2. The molecule has 2 aromatic heterocycles. The molecule has 2 aromatic carbocycles. The Morgan fingerprint density at radius 1 is 1.03 bits per heavy atom. The molecular formula is C27H27N5O2S. The maximum absolute atomic E-state index is 12.8. The van der Waals surface area contributed by atoms with Gasteiger partial charge in [-0.3, -0.25) is 14.5 Å². The second-order valence-electron chi connectivity index (χ2n) is 8.17. The fourth-order valence-corrected chi connectivity index (χ4v) is 4.64. The van der Waals surface area contributed by atoms with E-state index in [0.717, 1.165) is 28.3 Å². The quantitative estimate of drug-likeness (QED) is 0.333. The average molecular weight is 486 g/mol. The van der Waals surface area contributed by atoms with Crippen LogP contribution in [0.15, 0.2) is 72.1 Å². The molecule has 2 amide bonds. The van der Waals surface area contributed by atoms with Crippen molar-refractivity contribution >= 4 is 40.0 Å². The number of carbonyl (C=O) groups is 2. The van der Waals surface area contributed by atoms with Crippen LogP contribution in [0.4, 0.5) is 10.8 Å². The van der Waals surface area contributed by atoms with E-state index in [-0.39, 0.29) is 11.8 Å². The lowest BCUT2D eigenvalue weighted by Crippen LogP contribution is -2.24. The van der Waals surface area contributed by atoms with Gasteiger partial charge < -0.3 is 4.90 Å². The number of benzene rings is 2. The van der Waals surface area contributed by atoms with Gasteiger partial charge in [-0.15, -0.1) is 11.3 Å². The van der Waals surface area contributed by atoms with Crippen LogP contribution in [0.25, 0.3) is 11.8 Å². The van der Waals surface area contributed by atoms with Crippen molar-refractivity contribution in [3.8, 4) is 5.69 Å². The Hall–Kier alpha value is -4.04. The summed E-state index contributed by atoms with van der Waals surface area (Å²) in [6, 6.07) is 19.3. The van der Waals surface area contributed by atoms with E-state index in [1.54, 1.807) is 22.9 Å². The third-order valence-corrected chi connectivity index (χ3v) is 6.48. The summed E-state index contributed by atoms with van der Waals surface area (Å²) in [4.78, 5) is 32.8. The number of thiazole rings is 1. The van der Waals surface area contributed by atoms with Gasteiger partial charge in [0.15, 0.2) is 5.13 Å². The number of para-hydroxylation sites is 2. The van der Waals surface area contributed by atoms with Crippen LogP contribution in [0.2, 0.25) is 0 Å². The predicted molar refractivity (Wildman–Crippen MR) is 140 cm³/mol. The van der Waals surface area contributed by atoms with Gasteiger partial charge in [-0.25, -0.2) is 9.67 Å². The van der Waals surface area contributed by atoms with Crippen molar-refractivity contribution in [1.29, 1.82) is 0 Å². The summed E-state index contributed by atoms with van der Waals surface area (Å²) in [5.74, 6) is -0.268. The van der Waals surface area contributed by atoms with E-state index in [1.165, 1.54) is 24.3 Å². The van der Waals surface area contributed by atoms with Crippen LogP contribution >= 0.6 is 11.3 Å². The summed E-state index contributed by atoms with van der Waals surface area (Å²) in [7, 11) is 1.77. The van der Waals surface area contributed by atoms with Gasteiger partial charge in [-0.1, -0.05) is 36.4 Å². The first kappa shape index (κ1) is 24.1. The summed E-state index contributed by atoms with van der Waals surface area (Å²) in [5.41, 5.74) is 5.29. The molecule has 0 radical (unpaired) electrons. The largest absolute Gasteiger partial charge is 0.338 e. The number of carbonyl (C=O) groups excluding carboxylic acids is 2.